The molecule has 1 aliphatic heterocycles. The number of ether oxygens (including phenoxy) is 2. The van der Waals surface area contributed by atoms with Gasteiger partial charge >= 0.3 is 0 Å². The van der Waals surface area contributed by atoms with E-state index < -0.39 is 5.92 Å². The first-order valence-corrected chi connectivity index (χ1v) is 11.3. The molecule has 1 fully saturated rings. The van der Waals surface area contributed by atoms with Crippen LogP contribution in [0.25, 0.3) is 0 Å². The lowest BCUT2D eigenvalue weighted by molar-refractivity contribution is -0.125. The minimum absolute atomic E-state index is 0.0787. The van der Waals surface area contributed by atoms with Crippen molar-refractivity contribution in [2.45, 2.75) is 19.4 Å². The molecule has 34 heavy (non-hydrogen) atoms. The van der Waals surface area contributed by atoms with Crippen molar-refractivity contribution in [1.82, 2.24) is 15.2 Å². The fourth-order valence-electron chi connectivity index (χ4n) is 4.47. The summed E-state index contributed by atoms with van der Waals surface area (Å²) in [5.41, 5.74) is 3.18. The summed E-state index contributed by atoms with van der Waals surface area (Å²) >= 11 is 0. The van der Waals surface area contributed by atoms with Gasteiger partial charge in [0.05, 0.1) is 32.4 Å². The van der Waals surface area contributed by atoms with E-state index in [-0.39, 0.29) is 17.7 Å². The van der Waals surface area contributed by atoms with Gasteiger partial charge in [-0.3, -0.25) is 14.6 Å². The normalized spacial score (nSPS) is 17.3. The molecular weight excluding hydrogens is 430 g/mol. The summed E-state index contributed by atoms with van der Waals surface area (Å²) in [6.07, 6.45) is 1.70. The maximum absolute atomic E-state index is 13.4. The van der Waals surface area contributed by atoms with Gasteiger partial charge in [0.15, 0.2) is 0 Å². The third-order valence-electron chi connectivity index (χ3n) is 6.33. The van der Waals surface area contributed by atoms with E-state index >= 15 is 0 Å². The first kappa shape index (κ1) is 23.3. The number of hydrogen-bond donors (Lipinski definition) is 1. The number of pyridine rings is 1. The van der Waals surface area contributed by atoms with Crippen molar-refractivity contribution in [1.29, 1.82) is 0 Å². The van der Waals surface area contributed by atoms with E-state index in [2.05, 4.69) is 10.3 Å². The highest BCUT2D eigenvalue weighted by molar-refractivity contribution is 5.96. The number of methoxy groups -OCH3 is 2. The molecule has 1 aliphatic rings. The average molecular weight is 460 g/mol. The molecule has 2 atom stereocenters. The minimum Gasteiger partial charge on any atom is -0.497 e. The lowest BCUT2D eigenvalue weighted by Crippen LogP contribution is -2.35. The molecule has 1 saturated heterocycles. The fourth-order valence-corrected chi connectivity index (χ4v) is 4.47. The van der Waals surface area contributed by atoms with Gasteiger partial charge in [-0.1, -0.05) is 24.3 Å². The highest BCUT2D eigenvalue weighted by Gasteiger charge is 2.42. The summed E-state index contributed by atoms with van der Waals surface area (Å²) < 4.78 is 11.0. The molecule has 3 aromatic rings. The molecule has 7 heteroatoms. The van der Waals surface area contributed by atoms with Crippen LogP contribution in [0.5, 0.6) is 11.5 Å². The Morgan fingerprint density at radius 1 is 1.03 bits per heavy atom. The Bertz CT molecular complexity index is 1170. The van der Waals surface area contributed by atoms with Crippen LogP contribution in [0.4, 0.5) is 0 Å². The molecule has 176 valence electrons. The lowest BCUT2D eigenvalue weighted by atomic mass is 9.87. The molecule has 0 spiro atoms. The molecule has 2 heterocycles. The Kier molecular flexibility index (Phi) is 7.11. The van der Waals surface area contributed by atoms with Gasteiger partial charge in [-0.05, 0) is 48.9 Å². The lowest BCUT2D eigenvalue weighted by Gasteiger charge is -2.21. The molecule has 7 nitrogen and oxygen atoms in total. The summed E-state index contributed by atoms with van der Waals surface area (Å²) in [5, 5.41) is 3.01. The van der Waals surface area contributed by atoms with Crippen molar-refractivity contribution in [2.75, 3.05) is 27.3 Å². The van der Waals surface area contributed by atoms with Gasteiger partial charge in [0.25, 0.3) is 5.91 Å². The van der Waals surface area contributed by atoms with Gasteiger partial charge < -0.3 is 19.7 Å². The zero-order chi connectivity index (χ0) is 24.1. The van der Waals surface area contributed by atoms with Gasteiger partial charge in [0, 0.05) is 36.3 Å². The van der Waals surface area contributed by atoms with E-state index in [1.54, 1.807) is 25.3 Å². The second-order valence-electron chi connectivity index (χ2n) is 8.38. The van der Waals surface area contributed by atoms with Crippen LogP contribution in [0.3, 0.4) is 0 Å². The van der Waals surface area contributed by atoms with Gasteiger partial charge in [-0.25, -0.2) is 0 Å². The SMILES string of the molecule is COc1ccc(OC)c([C@H]2CN(C(=O)c3ccccc3C)C[C@@H]2C(=O)NCc2ccccn2)c1. The van der Waals surface area contributed by atoms with Crippen LogP contribution < -0.4 is 14.8 Å². The predicted molar refractivity (Wildman–Crippen MR) is 129 cm³/mol. The van der Waals surface area contributed by atoms with Crippen molar-refractivity contribution in [3.8, 4) is 11.5 Å². The topological polar surface area (TPSA) is 80.8 Å². The average Bonchev–Trinajstić information content (AvgIpc) is 3.33. The summed E-state index contributed by atoms with van der Waals surface area (Å²) in [6.45, 7) is 2.96. The molecule has 0 saturated carbocycles. The van der Waals surface area contributed by atoms with Crippen molar-refractivity contribution in [3.63, 3.8) is 0 Å². The molecule has 2 aromatic carbocycles. The van der Waals surface area contributed by atoms with E-state index in [4.69, 9.17) is 9.47 Å². The summed E-state index contributed by atoms with van der Waals surface area (Å²) in [4.78, 5) is 32.8. The Hall–Kier alpha value is -3.87. The van der Waals surface area contributed by atoms with Crippen molar-refractivity contribution in [2.24, 2.45) is 5.92 Å². The van der Waals surface area contributed by atoms with E-state index in [9.17, 15) is 9.59 Å². The van der Waals surface area contributed by atoms with Crippen LogP contribution in [0.15, 0.2) is 66.9 Å². The number of carbonyl (C=O) groups is 2. The van der Waals surface area contributed by atoms with Crippen LogP contribution in [0.2, 0.25) is 0 Å². The smallest absolute Gasteiger partial charge is 0.254 e. The van der Waals surface area contributed by atoms with Crippen molar-refractivity contribution in [3.05, 3.63) is 89.2 Å². The third kappa shape index (κ3) is 4.88. The van der Waals surface area contributed by atoms with Gasteiger partial charge in [-0.15, -0.1) is 0 Å². The Morgan fingerprint density at radius 2 is 1.82 bits per heavy atom. The number of aryl methyl sites for hydroxylation is 1. The number of likely N-dealkylation sites (tertiary alicyclic amines) is 1. The highest BCUT2D eigenvalue weighted by Crippen LogP contribution is 2.40. The molecule has 2 amide bonds. The van der Waals surface area contributed by atoms with E-state index in [1.165, 1.54) is 0 Å². The first-order valence-electron chi connectivity index (χ1n) is 11.3. The second kappa shape index (κ2) is 10.4. The molecule has 1 aromatic heterocycles. The Labute approximate surface area is 199 Å². The standard InChI is InChI=1S/C27H29N3O4/c1-18-8-4-5-10-21(18)27(32)30-16-23(22-14-20(33-2)11-12-25(22)34-3)24(17-30)26(31)29-15-19-9-6-7-13-28-19/h4-14,23-24H,15-17H2,1-3H3,(H,29,31)/t23-,24+/m1/s1. The maximum Gasteiger partial charge on any atom is 0.254 e. The number of aromatic nitrogens is 1. The molecular formula is C27H29N3O4. The monoisotopic (exact) mass is 459 g/mol. The summed E-state index contributed by atoms with van der Waals surface area (Å²) in [7, 11) is 3.21. The largest absolute Gasteiger partial charge is 0.497 e. The van der Waals surface area contributed by atoms with Crippen LogP contribution >= 0.6 is 0 Å². The number of nitrogens with zero attached hydrogens (tertiary/aromatic N) is 2. The van der Waals surface area contributed by atoms with Crippen LogP contribution in [-0.4, -0.2) is 49.0 Å². The van der Waals surface area contributed by atoms with Crippen molar-refractivity contribution >= 4 is 11.8 Å². The number of carbonyl (C=O) groups excluding carboxylic acids is 2. The summed E-state index contributed by atoms with van der Waals surface area (Å²) in [6, 6.07) is 18.7. The number of amides is 2. The maximum atomic E-state index is 13.4. The Morgan fingerprint density at radius 3 is 2.53 bits per heavy atom. The molecule has 0 unspecified atom stereocenters. The van der Waals surface area contributed by atoms with Crippen LogP contribution in [-0.2, 0) is 11.3 Å². The minimum atomic E-state index is -0.447. The third-order valence-corrected chi connectivity index (χ3v) is 6.33. The van der Waals surface area contributed by atoms with Crippen LogP contribution in [0, 0.1) is 12.8 Å². The Balaban J connectivity index is 1.64. The molecule has 1 N–H and O–H groups in total. The van der Waals surface area contributed by atoms with Crippen LogP contribution in [0.1, 0.15) is 33.1 Å². The second-order valence-corrected chi connectivity index (χ2v) is 8.38. The van der Waals surface area contributed by atoms with Gasteiger partial charge in [0.1, 0.15) is 11.5 Å². The number of benzene rings is 2. The van der Waals surface area contributed by atoms with E-state index in [1.807, 2.05) is 67.6 Å². The number of nitrogens with one attached hydrogen (secondary N) is 1. The first-order chi connectivity index (χ1) is 16.5. The van der Waals surface area contributed by atoms with E-state index in [0.29, 0.717) is 36.7 Å². The highest BCUT2D eigenvalue weighted by atomic mass is 16.5. The molecule has 0 bridgehead atoms. The van der Waals surface area contributed by atoms with Gasteiger partial charge in [-0.2, -0.15) is 0 Å². The quantitative estimate of drug-likeness (QED) is 0.584. The number of hydrogen-bond acceptors (Lipinski definition) is 5. The molecule has 0 radical (unpaired) electrons. The van der Waals surface area contributed by atoms with E-state index in [0.717, 1.165) is 16.8 Å². The van der Waals surface area contributed by atoms with Gasteiger partial charge in [0.2, 0.25) is 5.91 Å². The zero-order valence-corrected chi connectivity index (χ0v) is 19.7. The molecule has 0 aliphatic carbocycles. The zero-order valence-electron chi connectivity index (χ0n) is 19.7. The van der Waals surface area contributed by atoms with Crippen molar-refractivity contribution < 1.29 is 19.1 Å². The summed E-state index contributed by atoms with van der Waals surface area (Å²) in [5.74, 6) is 0.440. The number of rotatable bonds is 7. The molecule has 4 rings (SSSR count). The fraction of sp³-hybridized carbons (Fsp3) is 0.296. The predicted octanol–water partition coefficient (Wildman–Crippen LogP) is 3.58.